The summed E-state index contributed by atoms with van der Waals surface area (Å²) in [7, 11) is 1.54. The van der Waals surface area contributed by atoms with E-state index in [4.69, 9.17) is 21.4 Å². The second-order valence-electron chi connectivity index (χ2n) is 3.07. The Morgan fingerprint density at radius 1 is 1.60 bits per heavy atom. The average molecular weight is 230 g/mol. The first-order chi connectivity index (χ1) is 7.04. The van der Waals surface area contributed by atoms with Gasteiger partial charge < -0.3 is 15.2 Å². The highest BCUT2D eigenvalue weighted by Gasteiger charge is 2.08. The summed E-state index contributed by atoms with van der Waals surface area (Å²) in [5, 5.41) is 11.3. The first-order valence-electron chi connectivity index (χ1n) is 4.34. The molecule has 1 aromatic carbocycles. The van der Waals surface area contributed by atoms with Gasteiger partial charge in [0.25, 0.3) is 0 Å². The van der Waals surface area contributed by atoms with Gasteiger partial charge in [-0.2, -0.15) is 0 Å². The third kappa shape index (κ3) is 3.02. The minimum atomic E-state index is -1.07. The van der Waals surface area contributed by atoms with Crippen LogP contribution < -0.4 is 10.1 Å². The molecule has 0 unspecified atom stereocenters. The predicted octanol–water partition coefficient (Wildman–Crippen LogP) is 2.42. The topological polar surface area (TPSA) is 58.6 Å². The lowest BCUT2D eigenvalue weighted by molar-refractivity contribution is 0.194. The zero-order valence-corrected chi connectivity index (χ0v) is 9.26. The molecule has 0 aromatic heterocycles. The van der Waals surface area contributed by atoms with Gasteiger partial charge in [0.15, 0.2) is 0 Å². The molecule has 0 heterocycles. The van der Waals surface area contributed by atoms with Crippen molar-refractivity contribution in [2.75, 3.05) is 7.11 Å². The van der Waals surface area contributed by atoms with Crippen molar-refractivity contribution in [1.82, 2.24) is 5.32 Å². The normalized spacial score (nSPS) is 9.80. The molecule has 0 saturated carbocycles. The molecule has 0 bridgehead atoms. The highest BCUT2D eigenvalue weighted by atomic mass is 35.5. The number of nitrogens with one attached hydrogen (secondary N) is 1. The summed E-state index contributed by atoms with van der Waals surface area (Å²) in [6.45, 7) is 2.04. The number of hydrogen-bond donors (Lipinski definition) is 2. The minimum absolute atomic E-state index is 0.180. The largest absolute Gasteiger partial charge is 0.496 e. The Kier molecular flexibility index (Phi) is 3.80. The van der Waals surface area contributed by atoms with Crippen molar-refractivity contribution in [2.24, 2.45) is 0 Å². The van der Waals surface area contributed by atoms with E-state index in [1.54, 1.807) is 19.2 Å². The van der Waals surface area contributed by atoms with Crippen molar-refractivity contribution in [3.63, 3.8) is 0 Å². The first kappa shape index (κ1) is 11.7. The quantitative estimate of drug-likeness (QED) is 0.837. The van der Waals surface area contributed by atoms with E-state index >= 15 is 0 Å². The summed E-state index contributed by atoms with van der Waals surface area (Å²) in [5.74, 6) is 0.660. The minimum Gasteiger partial charge on any atom is -0.496 e. The van der Waals surface area contributed by atoms with Gasteiger partial charge >= 0.3 is 6.09 Å². The molecule has 0 spiro atoms. The molecular weight excluding hydrogens is 218 g/mol. The molecule has 1 amide bonds. The van der Waals surface area contributed by atoms with Crippen molar-refractivity contribution >= 4 is 17.7 Å². The summed E-state index contributed by atoms with van der Waals surface area (Å²) in [6, 6.07) is 3.45. The second-order valence-corrected chi connectivity index (χ2v) is 3.51. The van der Waals surface area contributed by atoms with E-state index in [0.29, 0.717) is 10.8 Å². The maximum Gasteiger partial charge on any atom is 0.404 e. The van der Waals surface area contributed by atoms with Crippen LogP contribution in [-0.4, -0.2) is 18.3 Å². The van der Waals surface area contributed by atoms with Gasteiger partial charge in [0, 0.05) is 17.1 Å². The molecule has 0 saturated heterocycles. The van der Waals surface area contributed by atoms with Crippen LogP contribution in [0, 0.1) is 6.92 Å². The van der Waals surface area contributed by atoms with Gasteiger partial charge in [-0.3, -0.25) is 0 Å². The third-order valence-electron chi connectivity index (χ3n) is 1.95. The number of ether oxygens (including phenoxy) is 1. The van der Waals surface area contributed by atoms with E-state index in [1.165, 1.54) is 0 Å². The van der Waals surface area contributed by atoms with Gasteiger partial charge in [0.2, 0.25) is 0 Å². The zero-order chi connectivity index (χ0) is 11.4. The number of carboxylic acid groups (broad SMARTS) is 1. The number of carbonyl (C=O) groups is 1. The van der Waals surface area contributed by atoms with E-state index in [9.17, 15) is 4.79 Å². The molecule has 15 heavy (non-hydrogen) atoms. The highest BCUT2D eigenvalue weighted by molar-refractivity contribution is 6.30. The van der Waals surface area contributed by atoms with Crippen LogP contribution >= 0.6 is 11.6 Å². The van der Waals surface area contributed by atoms with Crippen molar-refractivity contribution in [3.8, 4) is 5.75 Å². The number of hydrogen-bond acceptors (Lipinski definition) is 2. The SMILES string of the molecule is COc1c(C)cc(Cl)cc1CNC(=O)O. The van der Waals surface area contributed by atoms with Gasteiger partial charge in [-0.05, 0) is 24.6 Å². The number of halogens is 1. The molecule has 0 fully saturated rings. The van der Waals surface area contributed by atoms with E-state index in [-0.39, 0.29) is 6.54 Å². The average Bonchev–Trinajstić information content (AvgIpc) is 2.13. The first-order valence-corrected chi connectivity index (χ1v) is 4.72. The summed E-state index contributed by atoms with van der Waals surface area (Å²) in [6.07, 6.45) is -1.07. The van der Waals surface area contributed by atoms with E-state index in [0.717, 1.165) is 11.1 Å². The lowest BCUT2D eigenvalue weighted by atomic mass is 10.1. The van der Waals surface area contributed by atoms with Crippen LogP contribution in [0.5, 0.6) is 5.75 Å². The molecule has 1 rings (SSSR count). The molecule has 1 aromatic rings. The lowest BCUT2D eigenvalue weighted by Gasteiger charge is -2.11. The fourth-order valence-electron chi connectivity index (χ4n) is 1.39. The Morgan fingerprint density at radius 2 is 2.27 bits per heavy atom. The van der Waals surface area contributed by atoms with Crippen LogP contribution in [0.3, 0.4) is 0 Å². The highest BCUT2D eigenvalue weighted by Crippen LogP contribution is 2.27. The Labute approximate surface area is 92.8 Å². The van der Waals surface area contributed by atoms with Gasteiger partial charge in [0.05, 0.1) is 7.11 Å². The van der Waals surface area contributed by atoms with Crippen molar-refractivity contribution < 1.29 is 14.6 Å². The summed E-state index contributed by atoms with van der Waals surface area (Å²) in [4.78, 5) is 10.4. The van der Waals surface area contributed by atoms with Crippen LogP contribution in [0.2, 0.25) is 5.02 Å². The number of amides is 1. The lowest BCUT2D eigenvalue weighted by Crippen LogP contribution is -2.20. The smallest absolute Gasteiger partial charge is 0.404 e. The van der Waals surface area contributed by atoms with E-state index in [2.05, 4.69) is 5.32 Å². The Bertz CT molecular complexity index is 379. The molecule has 5 heteroatoms. The Balaban J connectivity index is 2.98. The molecule has 2 N–H and O–H groups in total. The predicted molar refractivity (Wildman–Crippen MR) is 57.6 cm³/mol. The van der Waals surface area contributed by atoms with E-state index in [1.807, 2.05) is 6.92 Å². The van der Waals surface area contributed by atoms with E-state index < -0.39 is 6.09 Å². The van der Waals surface area contributed by atoms with Gasteiger partial charge in [-0.15, -0.1) is 0 Å². The molecule has 0 aliphatic rings. The summed E-state index contributed by atoms with van der Waals surface area (Å²) >= 11 is 5.86. The fraction of sp³-hybridized carbons (Fsp3) is 0.300. The van der Waals surface area contributed by atoms with Crippen LogP contribution in [0.15, 0.2) is 12.1 Å². The molecule has 0 radical (unpaired) electrons. The molecule has 0 aliphatic heterocycles. The summed E-state index contributed by atoms with van der Waals surface area (Å²) in [5.41, 5.74) is 1.61. The standard InChI is InChI=1S/C10H12ClNO3/c1-6-3-8(11)4-7(9(6)15-2)5-12-10(13)14/h3-4,12H,5H2,1-2H3,(H,13,14). The number of aryl methyl sites for hydroxylation is 1. The molecule has 82 valence electrons. The maximum absolute atomic E-state index is 10.4. The molecule has 4 nitrogen and oxygen atoms in total. The molecule has 0 aliphatic carbocycles. The van der Waals surface area contributed by atoms with Gasteiger partial charge in [-0.25, -0.2) is 4.79 Å². The third-order valence-corrected chi connectivity index (χ3v) is 2.17. The van der Waals surface area contributed by atoms with Crippen molar-refractivity contribution in [1.29, 1.82) is 0 Å². The van der Waals surface area contributed by atoms with Crippen LogP contribution in [0.1, 0.15) is 11.1 Å². The van der Waals surface area contributed by atoms with Crippen LogP contribution in [0.25, 0.3) is 0 Å². The maximum atomic E-state index is 10.4. The van der Waals surface area contributed by atoms with Crippen molar-refractivity contribution in [3.05, 3.63) is 28.3 Å². The second kappa shape index (κ2) is 4.89. The summed E-state index contributed by atoms with van der Waals surface area (Å²) < 4.78 is 5.17. The van der Waals surface area contributed by atoms with Crippen molar-refractivity contribution in [2.45, 2.75) is 13.5 Å². The number of rotatable bonds is 3. The molecular formula is C10H12ClNO3. The van der Waals surface area contributed by atoms with Crippen LogP contribution in [-0.2, 0) is 6.54 Å². The Morgan fingerprint density at radius 3 is 2.80 bits per heavy atom. The number of methoxy groups -OCH3 is 1. The van der Waals surface area contributed by atoms with Gasteiger partial charge in [-0.1, -0.05) is 11.6 Å². The van der Waals surface area contributed by atoms with Gasteiger partial charge in [0.1, 0.15) is 5.75 Å². The van der Waals surface area contributed by atoms with Crippen LogP contribution in [0.4, 0.5) is 4.79 Å². The monoisotopic (exact) mass is 229 g/mol. The zero-order valence-electron chi connectivity index (χ0n) is 8.50. The Hall–Kier alpha value is -1.42. The molecule has 0 atom stereocenters. The fourth-order valence-corrected chi connectivity index (χ4v) is 1.69. The number of benzene rings is 1.